The molecule has 0 amide bonds. The van der Waals surface area contributed by atoms with Gasteiger partial charge in [-0.3, -0.25) is 0 Å². The maximum atomic E-state index is 6.01. The summed E-state index contributed by atoms with van der Waals surface area (Å²) in [6.45, 7) is 2.83. The SMILES string of the molecule is CC1Cc2ccccc2N1c1nc2c(cc1CN)CCC2. The zero-order valence-corrected chi connectivity index (χ0v) is 12.5. The van der Waals surface area contributed by atoms with Crippen LogP contribution in [-0.2, 0) is 25.8 Å². The highest BCUT2D eigenvalue weighted by Gasteiger charge is 2.30. The molecule has 1 aliphatic carbocycles. The Bertz CT molecular complexity index is 693. The average Bonchev–Trinajstić information content (AvgIpc) is 3.07. The lowest BCUT2D eigenvalue weighted by Gasteiger charge is -2.26. The first-order chi connectivity index (χ1) is 10.3. The standard InChI is InChI=1S/C18H21N3/c1-12-9-14-5-2-3-8-17(14)21(12)18-15(11-19)10-13-6-4-7-16(13)20-18/h2-3,5,8,10,12H,4,6-7,9,11,19H2,1H3. The first-order valence-electron chi connectivity index (χ1n) is 7.87. The molecular formula is C18H21N3. The van der Waals surface area contributed by atoms with Crippen molar-refractivity contribution >= 4 is 11.5 Å². The second-order valence-corrected chi connectivity index (χ2v) is 6.19. The van der Waals surface area contributed by atoms with E-state index in [2.05, 4.69) is 42.2 Å². The second kappa shape index (κ2) is 4.85. The van der Waals surface area contributed by atoms with E-state index in [0.29, 0.717) is 12.6 Å². The van der Waals surface area contributed by atoms with Gasteiger partial charge in [-0.05, 0) is 55.9 Å². The Balaban J connectivity index is 1.87. The molecule has 1 aliphatic heterocycles. The van der Waals surface area contributed by atoms with Crippen molar-refractivity contribution in [3.63, 3.8) is 0 Å². The maximum absolute atomic E-state index is 6.01. The third kappa shape index (κ3) is 1.95. The number of nitrogens with zero attached hydrogens (tertiary/aromatic N) is 2. The summed E-state index contributed by atoms with van der Waals surface area (Å²) in [5.74, 6) is 1.08. The van der Waals surface area contributed by atoms with Gasteiger partial charge in [0.2, 0.25) is 0 Å². The molecule has 2 aliphatic rings. The number of hydrogen-bond donors (Lipinski definition) is 1. The fourth-order valence-corrected chi connectivity index (χ4v) is 3.76. The van der Waals surface area contributed by atoms with Gasteiger partial charge in [0.15, 0.2) is 0 Å². The van der Waals surface area contributed by atoms with E-state index in [9.17, 15) is 0 Å². The molecule has 0 bridgehead atoms. The highest BCUT2D eigenvalue weighted by Crippen LogP contribution is 2.39. The number of benzene rings is 1. The van der Waals surface area contributed by atoms with Crippen LogP contribution in [0, 0.1) is 0 Å². The predicted octanol–water partition coefficient (Wildman–Crippen LogP) is 3.11. The monoisotopic (exact) mass is 279 g/mol. The lowest BCUT2D eigenvalue weighted by Crippen LogP contribution is -2.27. The summed E-state index contributed by atoms with van der Waals surface area (Å²) in [6.07, 6.45) is 4.57. The van der Waals surface area contributed by atoms with Crippen molar-refractivity contribution in [1.29, 1.82) is 0 Å². The lowest BCUT2D eigenvalue weighted by atomic mass is 10.1. The van der Waals surface area contributed by atoms with Gasteiger partial charge >= 0.3 is 0 Å². The number of para-hydroxylation sites is 1. The van der Waals surface area contributed by atoms with Crippen LogP contribution in [0.1, 0.15) is 35.7 Å². The minimum Gasteiger partial charge on any atom is -0.326 e. The third-order valence-electron chi connectivity index (χ3n) is 4.76. The zero-order valence-electron chi connectivity index (χ0n) is 12.5. The molecule has 2 heterocycles. The Morgan fingerprint density at radius 3 is 2.95 bits per heavy atom. The van der Waals surface area contributed by atoms with Gasteiger partial charge in [0.05, 0.1) is 0 Å². The van der Waals surface area contributed by atoms with Crippen LogP contribution in [0.4, 0.5) is 11.5 Å². The molecule has 0 radical (unpaired) electrons. The Hall–Kier alpha value is -1.87. The van der Waals surface area contributed by atoms with E-state index in [0.717, 1.165) is 25.1 Å². The van der Waals surface area contributed by atoms with Crippen LogP contribution in [0.3, 0.4) is 0 Å². The number of anilines is 2. The molecular weight excluding hydrogens is 258 g/mol. The topological polar surface area (TPSA) is 42.2 Å². The van der Waals surface area contributed by atoms with Crippen molar-refractivity contribution in [3.8, 4) is 0 Å². The minimum atomic E-state index is 0.444. The third-order valence-corrected chi connectivity index (χ3v) is 4.76. The number of fused-ring (bicyclic) bond motifs is 2. The summed E-state index contributed by atoms with van der Waals surface area (Å²) in [5, 5.41) is 0. The molecule has 2 N–H and O–H groups in total. The van der Waals surface area contributed by atoms with E-state index in [-0.39, 0.29) is 0 Å². The zero-order chi connectivity index (χ0) is 14.4. The van der Waals surface area contributed by atoms with Crippen LogP contribution < -0.4 is 10.6 Å². The Morgan fingerprint density at radius 1 is 1.24 bits per heavy atom. The summed E-state index contributed by atoms with van der Waals surface area (Å²) in [5.41, 5.74) is 12.6. The van der Waals surface area contributed by atoms with Crippen LogP contribution in [0.15, 0.2) is 30.3 Å². The fourth-order valence-electron chi connectivity index (χ4n) is 3.76. The molecule has 1 unspecified atom stereocenters. The molecule has 0 fully saturated rings. The van der Waals surface area contributed by atoms with E-state index in [1.807, 2.05) is 0 Å². The van der Waals surface area contributed by atoms with Crippen LogP contribution >= 0.6 is 0 Å². The molecule has 2 aromatic rings. The normalized spacial score (nSPS) is 19.7. The van der Waals surface area contributed by atoms with Crippen molar-refractivity contribution in [2.24, 2.45) is 5.73 Å². The maximum Gasteiger partial charge on any atom is 0.138 e. The highest BCUT2D eigenvalue weighted by atomic mass is 15.2. The fraction of sp³-hybridized carbons (Fsp3) is 0.389. The second-order valence-electron chi connectivity index (χ2n) is 6.19. The van der Waals surface area contributed by atoms with Crippen molar-refractivity contribution in [2.75, 3.05) is 4.90 Å². The molecule has 1 aromatic heterocycles. The molecule has 3 nitrogen and oxygen atoms in total. The Labute approximate surface area is 125 Å². The van der Waals surface area contributed by atoms with Crippen molar-refractivity contribution < 1.29 is 0 Å². The van der Waals surface area contributed by atoms with Gasteiger partial charge in [-0.15, -0.1) is 0 Å². The van der Waals surface area contributed by atoms with Crippen LogP contribution in [0.2, 0.25) is 0 Å². The summed E-state index contributed by atoms with van der Waals surface area (Å²) in [6, 6.07) is 11.4. The molecule has 1 atom stereocenters. The Morgan fingerprint density at radius 2 is 2.10 bits per heavy atom. The summed E-state index contributed by atoms with van der Waals surface area (Å²) >= 11 is 0. The number of hydrogen-bond acceptors (Lipinski definition) is 3. The van der Waals surface area contributed by atoms with Gasteiger partial charge in [0, 0.05) is 29.5 Å². The van der Waals surface area contributed by atoms with Crippen molar-refractivity contribution in [2.45, 2.75) is 45.2 Å². The lowest BCUT2D eigenvalue weighted by molar-refractivity contribution is 0.742. The van der Waals surface area contributed by atoms with Gasteiger partial charge in [0.1, 0.15) is 5.82 Å². The number of rotatable bonds is 2. The molecule has 108 valence electrons. The molecule has 0 spiro atoms. The quantitative estimate of drug-likeness (QED) is 0.918. The van der Waals surface area contributed by atoms with Crippen LogP contribution in [0.5, 0.6) is 0 Å². The van der Waals surface area contributed by atoms with Gasteiger partial charge in [-0.2, -0.15) is 0 Å². The van der Waals surface area contributed by atoms with E-state index in [1.165, 1.54) is 34.5 Å². The number of nitrogens with two attached hydrogens (primary N) is 1. The van der Waals surface area contributed by atoms with Gasteiger partial charge in [-0.25, -0.2) is 4.98 Å². The van der Waals surface area contributed by atoms with Gasteiger partial charge < -0.3 is 10.6 Å². The van der Waals surface area contributed by atoms with Crippen molar-refractivity contribution in [3.05, 3.63) is 52.7 Å². The molecule has 0 saturated heterocycles. The number of aryl methyl sites for hydroxylation is 2. The van der Waals surface area contributed by atoms with Crippen LogP contribution in [-0.4, -0.2) is 11.0 Å². The van der Waals surface area contributed by atoms with Gasteiger partial charge in [0.25, 0.3) is 0 Å². The molecule has 4 rings (SSSR count). The Kier molecular flexibility index (Phi) is 2.96. The molecule has 1 aromatic carbocycles. The van der Waals surface area contributed by atoms with E-state index in [1.54, 1.807) is 0 Å². The summed E-state index contributed by atoms with van der Waals surface area (Å²) in [7, 11) is 0. The first-order valence-corrected chi connectivity index (χ1v) is 7.87. The van der Waals surface area contributed by atoms with E-state index in [4.69, 9.17) is 10.7 Å². The summed E-state index contributed by atoms with van der Waals surface area (Å²) < 4.78 is 0. The molecule has 21 heavy (non-hydrogen) atoms. The molecule has 0 saturated carbocycles. The highest BCUT2D eigenvalue weighted by molar-refractivity contribution is 5.71. The molecule has 3 heteroatoms. The average molecular weight is 279 g/mol. The van der Waals surface area contributed by atoms with Crippen molar-refractivity contribution in [1.82, 2.24) is 4.98 Å². The first kappa shape index (κ1) is 12.8. The summed E-state index contributed by atoms with van der Waals surface area (Å²) in [4.78, 5) is 7.39. The number of pyridine rings is 1. The van der Waals surface area contributed by atoms with E-state index >= 15 is 0 Å². The number of aromatic nitrogens is 1. The largest absolute Gasteiger partial charge is 0.326 e. The van der Waals surface area contributed by atoms with E-state index < -0.39 is 0 Å². The smallest absolute Gasteiger partial charge is 0.138 e. The van der Waals surface area contributed by atoms with Crippen LogP contribution in [0.25, 0.3) is 0 Å². The predicted molar refractivity (Wildman–Crippen MR) is 85.9 cm³/mol. The minimum absolute atomic E-state index is 0.444. The van der Waals surface area contributed by atoms with Gasteiger partial charge in [-0.1, -0.05) is 18.2 Å².